The third-order valence-corrected chi connectivity index (χ3v) is 3.14. The number of aliphatic carboxylic acids is 1. The Hall–Kier alpha value is -2.27. The van der Waals surface area contributed by atoms with E-state index in [0.29, 0.717) is 17.4 Å². The lowest BCUT2D eigenvalue weighted by Crippen LogP contribution is -2.29. The summed E-state index contributed by atoms with van der Waals surface area (Å²) >= 11 is 5.98. The SMILES string of the molecule is COc1ncccc1CN(CC(=O)O)c1cccc(Cl)c1. The Balaban J connectivity index is 2.30. The van der Waals surface area contributed by atoms with Gasteiger partial charge in [0.2, 0.25) is 5.88 Å². The Bertz CT molecular complexity index is 634. The molecule has 0 aliphatic rings. The Morgan fingerprint density at radius 2 is 2.19 bits per heavy atom. The molecule has 5 nitrogen and oxygen atoms in total. The van der Waals surface area contributed by atoms with Crippen molar-refractivity contribution in [3.8, 4) is 5.88 Å². The summed E-state index contributed by atoms with van der Waals surface area (Å²) in [6.07, 6.45) is 1.63. The van der Waals surface area contributed by atoms with Crippen molar-refractivity contribution in [3.63, 3.8) is 0 Å². The minimum atomic E-state index is -0.919. The number of halogens is 1. The van der Waals surface area contributed by atoms with Crippen LogP contribution in [0.2, 0.25) is 5.02 Å². The molecule has 1 heterocycles. The molecule has 1 N–H and O–H groups in total. The number of hydrogen-bond donors (Lipinski definition) is 1. The van der Waals surface area contributed by atoms with Crippen molar-refractivity contribution in [3.05, 3.63) is 53.2 Å². The topological polar surface area (TPSA) is 62.7 Å². The van der Waals surface area contributed by atoms with Gasteiger partial charge in [-0.05, 0) is 24.3 Å². The van der Waals surface area contributed by atoms with E-state index < -0.39 is 5.97 Å². The zero-order chi connectivity index (χ0) is 15.2. The van der Waals surface area contributed by atoms with Crippen LogP contribution in [-0.4, -0.2) is 29.7 Å². The number of methoxy groups -OCH3 is 1. The fourth-order valence-electron chi connectivity index (χ4n) is 2.01. The number of pyridine rings is 1. The van der Waals surface area contributed by atoms with E-state index in [1.807, 2.05) is 12.1 Å². The fraction of sp³-hybridized carbons (Fsp3) is 0.200. The molecule has 0 amide bonds. The third-order valence-electron chi connectivity index (χ3n) is 2.90. The first-order valence-corrected chi connectivity index (χ1v) is 6.68. The molecule has 21 heavy (non-hydrogen) atoms. The number of nitrogens with zero attached hydrogens (tertiary/aromatic N) is 2. The predicted octanol–water partition coefficient (Wildman–Crippen LogP) is 2.83. The van der Waals surface area contributed by atoms with Crippen molar-refractivity contribution in [2.24, 2.45) is 0 Å². The van der Waals surface area contributed by atoms with Crippen molar-refractivity contribution in [1.82, 2.24) is 4.98 Å². The van der Waals surface area contributed by atoms with Crippen LogP contribution in [0.3, 0.4) is 0 Å². The van der Waals surface area contributed by atoms with Crippen LogP contribution in [0.15, 0.2) is 42.6 Å². The van der Waals surface area contributed by atoms with E-state index >= 15 is 0 Å². The van der Waals surface area contributed by atoms with Gasteiger partial charge in [-0.3, -0.25) is 4.79 Å². The van der Waals surface area contributed by atoms with Crippen molar-refractivity contribution in [2.45, 2.75) is 6.54 Å². The number of rotatable bonds is 6. The Morgan fingerprint density at radius 3 is 2.86 bits per heavy atom. The van der Waals surface area contributed by atoms with Crippen molar-refractivity contribution in [2.75, 3.05) is 18.6 Å². The van der Waals surface area contributed by atoms with Crippen LogP contribution >= 0.6 is 11.6 Å². The smallest absolute Gasteiger partial charge is 0.323 e. The van der Waals surface area contributed by atoms with Crippen LogP contribution in [-0.2, 0) is 11.3 Å². The molecule has 0 fully saturated rings. The van der Waals surface area contributed by atoms with Crippen LogP contribution in [0.25, 0.3) is 0 Å². The van der Waals surface area contributed by atoms with Crippen LogP contribution in [0, 0.1) is 0 Å². The Kier molecular flexibility index (Phi) is 5.00. The standard InChI is InChI=1S/C15H15ClN2O3/c1-21-15-11(4-3-7-17-15)9-18(10-14(19)20)13-6-2-5-12(16)8-13/h2-8H,9-10H2,1H3,(H,19,20). The number of carboxylic acid groups (broad SMARTS) is 1. The molecule has 1 aromatic heterocycles. The van der Waals surface area contributed by atoms with Gasteiger partial charge in [-0.15, -0.1) is 0 Å². The monoisotopic (exact) mass is 306 g/mol. The van der Waals surface area contributed by atoms with Gasteiger partial charge in [0.25, 0.3) is 0 Å². The summed E-state index contributed by atoms with van der Waals surface area (Å²) in [5.74, 6) is -0.437. The van der Waals surface area contributed by atoms with Gasteiger partial charge in [0.1, 0.15) is 6.54 Å². The van der Waals surface area contributed by atoms with Crippen LogP contribution in [0.1, 0.15) is 5.56 Å². The van der Waals surface area contributed by atoms with Gasteiger partial charge in [0.15, 0.2) is 0 Å². The quantitative estimate of drug-likeness (QED) is 0.889. The molecular formula is C15H15ClN2O3. The maximum absolute atomic E-state index is 11.1. The molecule has 0 unspecified atom stereocenters. The minimum Gasteiger partial charge on any atom is -0.481 e. The molecule has 110 valence electrons. The second-order valence-electron chi connectivity index (χ2n) is 4.40. The first-order chi connectivity index (χ1) is 10.1. The molecule has 0 spiro atoms. The lowest BCUT2D eigenvalue weighted by Gasteiger charge is -2.23. The summed E-state index contributed by atoms with van der Waals surface area (Å²) in [5.41, 5.74) is 1.54. The molecule has 0 bridgehead atoms. The van der Waals surface area contributed by atoms with Gasteiger partial charge in [-0.25, -0.2) is 4.98 Å². The highest BCUT2D eigenvalue weighted by molar-refractivity contribution is 6.30. The zero-order valence-electron chi connectivity index (χ0n) is 11.5. The van der Waals surface area contributed by atoms with E-state index in [1.54, 1.807) is 35.4 Å². The Morgan fingerprint density at radius 1 is 1.38 bits per heavy atom. The zero-order valence-corrected chi connectivity index (χ0v) is 12.2. The van der Waals surface area contributed by atoms with Crippen molar-refractivity contribution < 1.29 is 14.6 Å². The maximum atomic E-state index is 11.1. The van der Waals surface area contributed by atoms with Crippen LogP contribution in [0.5, 0.6) is 5.88 Å². The Labute approximate surface area is 127 Å². The molecule has 0 aliphatic carbocycles. The maximum Gasteiger partial charge on any atom is 0.323 e. The molecule has 2 aromatic rings. The summed E-state index contributed by atoms with van der Waals surface area (Å²) in [4.78, 5) is 16.9. The van der Waals surface area contributed by atoms with Gasteiger partial charge in [-0.1, -0.05) is 23.7 Å². The summed E-state index contributed by atoms with van der Waals surface area (Å²) in [5, 5.41) is 9.65. The predicted molar refractivity (Wildman–Crippen MR) is 80.9 cm³/mol. The lowest BCUT2D eigenvalue weighted by molar-refractivity contribution is -0.135. The number of benzene rings is 1. The molecule has 1 aromatic carbocycles. The number of hydrogen-bond acceptors (Lipinski definition) is 4. The molecular weight excluding hydrogens is 292 g/mol. The lowest BCUT2D eigenvalue weighted by atomic mass is 10.2. The average molecular weight is 307 g/mol. The van der Waals surface area contributed by atoms with E-state index in [4.69, 9.17) is 21.4 Å². The van der Waals surface area contributed by atoms with Crippen molar-refractivity contribution in [1.29, 1.82) is 0 Å². The molecule has 0 saturated heterocycles. The number of ether oxygens (including phenoxy) is 1. The van der Waals surface area contributed by atoms with E-state index in [-0.39, 0.29) is 6.54 Å². The number of carbonyl (C=O) groups is 1. The van der Waals surface area contributed by atoms with Crippen molar-refractivity contribution >= 4 is 23.3 Å². The molecule has 0 radical (unpaired) electrons. The molecule has 2 rings (SSSR count). The van der Waals surface area contributed by atoms with E-state index in [2.05, 4.69) is 4.98 Å². The van der Waals surface area contributed by atoms with Gasteiger partial charge in [0.05, 0.1) is 7.11 Å². The largest absolute Gasteiger partial charge is 0.481 e. The molecule has 6 heteroatoms. The second kappa shape index (κ2) is 6.95. The van der Waals surface area contributed by atoms with E-state index in [9.17, 15) is 4.79 Å². The summed E-state index contributed by atoms with van der Waals surface area (Å²) in [7, 11) is 1.53. The fourth-order valence-corrected chi connectivity index (χ4v) is 2.19. The average Bonchev–Trinajstić information content (AvgIpc) is 2.46. The summed E-state index contributed by atoms with van der Waals surface area (Å²) in [6, 6.07) is 10.7. The normalized spacial score (nSPS) is 10.2. The highest BCUT2D eigenvalue weighted by Gasteiger charge is 2.14. The molecule has 0 saturated carbocycles. The molecule has 0 atom stereocenters. The van der Waals surface area contributed by atoms with E-state index in [1.165, 1.54) is 7.11 Å². The first-order valence-electron chi connectivity index (χ1n) is 6.30. The summed E-state index contributed by atoms with van der Waals surface area (Å²) in [6.45, 7) is 0.224. The molecule has 0 aliphatic heterocycles. The van der Waals surface area contributed by atoms with Gasteiger partial charge >= 0.3 is 5.97 Å². The van der Waals surface area contributed by atoms with Gasteiger partial charge in [0, 0.05) is 29.0 Å². The highest BCUT2D eigenvalue weighted by atomic mass is 35.5. The minimum absolute atomic E-state index is 0.140. The van der Waals surface area contributed by atoms with Crippen LogP contribution in [0.4, 0.5) is 5.69 Å². The second-order valence-corrected chi connectivity index (χ2v) is 4.84. The van der Waals surface area contributed by atoms with E-state index in [0.717, 1.165) is 11.3 Å². The first kappa shape index (κ1) is 15.1. The van der Waals surface area contributed by atoms with Crippen LogP contribution < -0.4 is 9.64 Å². The summed E-state index contributed by atoms with van der Waals surface area (Å²) < 4.78 is 5.20. The number of aromatic nitrogens is 1. The highest BCUT2D eigenvalue weighted by Crippen LogP contribution is 2.23. The third kappa shape index (κ3) is 4.10. The van der Waals surface area contributed by atoms with Gasteiger partial charge in [-0.2, -0.15) is 0 Å². The van der Waals surface area contributed by atoms with Gasteiger partial charge < -0.3 is 14.7 Å². The number of anilines is 1. The number of carboxylic acids is 1.